The van der Waals surface area contributed by atoms with Gasteiger partial charge in [0.15, 0.2) is 0 Å². The van der Waals surface area contributed by atoms with Gasteiger partial charge >= 0.3 is 0 Å². The number of rotatable bonds is 4. The average molecular weight is 258 g/mol. The van der Waals surface area contributed by atoms with Crippen LogP contribution in [0, 0.1) is 5.41 Å². The number of amides is 1. The van der Waals surface area contributed by atoms with Crippen molar-refractivity contribution < 1.29 is 4.79 Å². The number of primary amides is 1. The summed E-state index contributed by atoms with van der Waals surface area (Å²) in [5, 5.41) is 0. The maximum atomic E-state index is 10.9. The van der Waals surface area contributed by atoms with Gasteiger partial charge in [0.1, 0.15) is 0 Å². The second-order valence-corrected chi connectivity index (χ2v) is 4.91. The summed E-state index contributed by atoms with van der Waals surface area (Å²) in [5.74, 6) is 1.19. The molecule has 1 fully saturated rings. The molecule has 1 aromatic rings. The number of benzene rings is 1. The molecule has 1 aliphatic carbocycles. The minimum atomic E-state index is -0.400. The Morgan fingerprint density at radius 3 is 2.25 bits per heavy atom. The van der Waals surface area contributed by atoms with E-state index in [0.717, 1.165) is 6.42 Å². The zero-order valence-electron chi connectivity index (χ0n) is 8.75. The number of carbonyl (C=O) groups excluding carboxylic acids is 1. The van der Waals surface area contributed by atoms with E-state index >= 15 is 0 Å². The number of hydrogen-bond acceptors (Lipinski definition) is 1. The molecule has 0 heterocycles. The molecule has 86 valence electrons. The molecule has 1 aliphatic rings. The summed E-state index contributed by atoms with van der Waals surface area (Å²) in [5.41, 5.74) is 6.95. The van der Waals surface area contributed by atoms with Crippen molar-refractivity contribution in [3.8, 4) is 0 Å². The number of halogens is 2. The van der Waals surface area contributed by atoms with E-state index in [2.05, 4.69) is 0 Å². The fourth-order valence-electron chi connectivity index (χ4n) is 2.03. The van der Waals surface area contributed by atoms with Crippen LogP contribution in [-0.2, 0) is 0 Å². The topological polar surface area (TPSA) is 43.1 Å². The van der Waals surface area contributed by atoms with E-state index in [9.17, 15) is 4.79 Å². The SMILES string of the molecule is NC(=O)c1ccc(C2CC2(CCl)CCl)cc1. The minimum Gasteiger partial charge on any atom is -0.366 e. The Morgan fingerprint density at radius 2 is 1.88 bits per heavy atom. The van der Waals surface area contributed by atoms with E-state index in [1.54, 1.807) is 12.1 Å². The van der Waals surface area contributed by atoms with Crippen LogP contribution in [0.4, 0.5) is 0 Å². The molecule has 2 nitrogen and oxygen atoms in total. The molecule has 1 amide bonds. The zero-order chi connectivity index (χ0) is 11.8. The molecular formula is C12H13Cl2NO. The Labute approximate surface area is 105 Å². The summed E-state index contributed by atoms with van der Waals surface area (Å²) in [7, 11) is 0. The first-order valence-corrected chi connectivity index (χ1v) is 6.21. The second-order valence-electron chi connectivity index (χ2n) is 4.37. The quantitative estimate of drug-likeness (QED) is 0.829. The fourth-order valence-corrected chi connectivity index (χ4v) is 2.91. The normalized spacial score (nSPS) is 21.8. The van der Waals surface area contributed by atoms with Crippen LogP contribution in [-0.4, -0.2) is 17.7 Å². The van der Waals surface area contributed by atoms with E-state index in [-0.39, 0.29) is 5.41 Å². The molecule has 2 N–H and O–H groups in total. The van der Waals surface area contributed by atoms with Crippen LogP contribution in [0.2, 0.25) is 0 Å². The van der Waals surface area contributed by atoms with Crippen LogP contribution in [0.3, 0.4) is 0 Å². The first kappa shape index (κ1) is 11.7. The van der Waals surface area contributed by atoms with E-state index in [0.29, 0.717) is 23.2 Å². The lowest BCUT2D eigenvalue weighted by atomic mass is 10.0. The highest BCUT2D eigenvalue weighted by molar-refractivity contribution is 6.22. The van der Waals surface area contributed by atoms with Gasteiger partial charge in [0.05, 0.1) is 0 Å². The summed E-state index contributed by atoms with van der Waals surface area (Å²) in [4.78, 5) is 10.9. The molecule has 1 atom stereocenters. The number of carbonyl (C=O) groups is 1. The molecule has 0 bridgehead atoms. The Hall–Kier alpha value is -0.730. The molecular weight excluding hydrogens is 245 g/mol. The molecule has 2 rings (SSSR count). The summed E-state index contributed by atoms with van der Waals surface area (Å²) >= 11 is 11.8. The lowest BCUT2D eigenvalue weighted by Crippen LogP contribution is -2.11. The van der Waals surface area contributed by atoms with Crippen molar-refractivity contribution >= 4 is 29.1 Å². The van der Waals surface area contributed by atoms with Gasteiger partial charge in [-0.15, -0.1) is 23.2 Å². The van der Waals surface area contributed by atoms with E-state index in [4.69, 9.17) is 28.9 Å². The van der Waals surface area contributed by atoms with Gasteiger partial charge < -0.3 is 5.73 Å². The van der Waals surface area contributed by atoms with E-state index < -0.39 is 5.91 Å². The molecule has 1 unspecified atom stereocenters. The van der Waals surface area contributed by atoms with Crippen LogP contribution in [0.5, 0.6) is 0 Å². The summed E-state index contributed by atoms with van der Waals surface area (Å²) in [6.45, 7) is 0. The average Bonchev–Trinajstić information content (AvgIpc) is 3.04. The van der Waals surface area contributed by atoms with Crippen molar-refractivity contribution in [2.45, 2.75) is 12.3 Å². The molecule has 0 spiro atoms. The summed E-state index contributed by atoms with van der Waals surface area (Å²) in [6.07, 6.45) is 1.02. The number of hydrogen-bond donors (Lipinski definition) is 1. The van der Waals surface area contributed by atoms with Gasteiger partial charge in [-0.25, -0.2) is 0 Å². The molecule has 4 heteroatoms. The second kappa shape index (κ2) is 4.27. The third-order valence-electron chi connectivity index (χ3n) is 3.32. The molecule has 1 saturated carbocycles. The Bertz CT molecular complexity index is 398. The molecule has 0 saturated heterocycles. The first-order valence-electron chi connectivity index (χ1n) is 5.14. The van der Waals surface area contributed by atoms with Crippen LogP contribution >= 0.6 is 23.2 Å². The van der Waals surface area contributed by atoms with E-state index in [1.165, 1.54) is 5.56 Å². The minimum absolute atomic E-state index is 0.0529. The lowest BCUT2D eigenvalue weighted by molar-refractivity contribution is 0.100. The van der Waals surface area contributed by atoms with Gasteiger partial charge in [0, 0.05) is 22.7 Å². The fraction of sp³-hybridized carbons (Fsp3) is 0.417. The maximum absolute atomic E-state index is 10.9. The van der Waals surface area contributed by atoms with Crippen molar-refractivity contribution in [3.05, 3.63) is 35.4 Å². The molecule has 16 heavy (non-hydrogen) atoms. The van der Waals surface area contributed by atoms with Crippen LogP contribution in [0.15, 0.2) is 24.3 Å². The highest BCUT2D eigenvalue weighted by Crippen LogP contribution is 2.60. The molecule has 0 radical (unpaired) electrons. The Balaban J connectivity index is 2.16. The van der Waals surface area contributed by atoms with Gasteiger partial charge in [-0.3, -0.25) is 4.79 Å². The molecule has 0 aliphatic heterocycles. The van der Waals surface area contributed by atoms with Crippen molar-refractivity contribution in [1.29, 1.82) is 0 Å². The largest absolute Gasteiger partial charge is 0.366 e. The standard InChI is InChI=1S/C12H13Cl2NO/c13-6-12(7-14)5-10(12)8-1-3-9(4-2-8)11(15)16/h1-4,10H,5-7H2,(H2,15,16). The van der Waals surface area contributed by atoms with Crippen molar-refractivity contribution in [3.63, 3.8) is 0 Å². The number of nitrogens with two attached hydrogens (primary N) is 1. The molecule has 1 aromatic carbocycles. The Kier molecular flexibility index (Phi) is 3.13. The third kappa shape index (κ3) is 1.92. The highest BCUT2D eigenvalue weighted by Gasteiger charge is 2.53. The monoisotopic (exact) mass is 257 g/mol. The lowest BCUT2D eigenvalue weighted by Gasteiger charge is -2.09. The first-order chi connectivity index (χ1) is 7.63. The predicted octanol–water partition coefficient (Wildman–Crippen LogP) is 2.74. The molecule has 0 aromatic heterocycles. The smallest absolute Gasteiger partial charge is 0.248 e. The van der Waals surface area contributed by atoms with Crippen LogP contribution in [0.1, 0.15) is 28.3 Å². The van der Waals surface area contributed by atoms with Gasteiger partial charge in [-0.1, -0.05) is 12.1 Å². The highest BCUT2D eigenvalue weighted by atomic mass is 35.5. The van der Waals surface area contributed by atoms with Crippen molar-refractivity contribution in [1.82, 2.24) is 0 Å². The predicted molar refractivity (Wildman–Crippen MR) is 66.2 cm³/mol. The summed E-state index contributed by atoms with van der Waals surface area (Å²) in [6, 6.07) is 7.38. The number of alkyl halides is 2. The zero-order valence-corrected chi connectivity index (χ0v) is 10.3. The van der Waals surface area contributed by atoms with Crippen molar-refractivity contribution in [2.24, 2.45) is 11.1 Å². The van der Waals surface area contributed by atoms with Crippen molar-refractivity contribution in [2.75, 3.05) is 11.8 Å². The van der Waals surface area contributed by atoms with Gasteiger partial charge in [-0.2, -0.15) is 0 Å². The maximum Gasteiger partial charge on any atom is 0.248 e. The van der Waals surface area contributed by atoms with Gasteiger partial charge in [0.25, 0.3) is 0 Å². The third-order valence-corrected chi connectivity index (χ3v) is 4.38. The van der Waals surface area contributed by atoms with Crippen LogP contribution < -0.4 is 5.73 Å². The Morgan fingerprint density at radius 1 is 1.31 bits per heavy atom. The van der Waals surface area contributed by atoms with Gasteiger partial charge in [-0.05, 0) is 30.0 Å². The van der Waals surface area contributed by atoms with E-state index in [1.807, 2.05) is 12.1 Å². The summed E-state index contributed by atoms with van der Waals surface area (Å²) < 4.78 is 0. The van der Waals surface area contributed by atoms with Gasteiger partial charge in [0.2, 0.25) is 5.91 Å². The van der Waals surface area contributed by atoms with Crippen LogP contribution in [0.25, 0.3) is 0 Å².